The number of aromatic amines is 1. The Morgan fingerprint density at radius 1 is 1.26 bits per heavy atom. The molecule has 3 aromatic heterocycles. The van der Waals surface area contributed by atoms with Crippen LogP contribution < -0.4 is 5.32 Å². The maximum absolute atomic E-state index is 5.15. The highest BCUT2D eigenvalue weighted by Gasteiger charge is 2.17. The van der Waals surface area contributed by atoms with Crippen molar-refractivity contribution in [2.24, 2.45) is 0 Å². The van der Waals surface area contributed by atoms with Crippen LogP contribution in [0.25, 0.3) is 11.1 Å². The second-order valence-electron chi connectivity index (χ2n) is 4.20. The van der Waals surface area contributed by atoms with Gasteiger partial charge in [-0.2, -0.15) is 10.2 Å². The van der Waals surface area contributed by atoms with Crippen LogP contribution in [-0.2, 0) is 0 Å². The number of hydrogen-bond donors (Lipinski definition) is 2. The fourth-order valence-electron chi connectivity index (χ4n) is 1.82. The van der Waals surface area contributed by atoms with Crippen molar-refractivity contribution in [3.8, 4) is 0 Å². The summed E-state index contributed by atoms with van der Waals surface area (Å²) in [5.41, 5.74) is 1.20. The average molecular weight is 260 g/mol. The van der Waals surface area contributed by atoms with E-state index in [0.29, 0.717) is 23.2 Å². The molecule has 0 aliphatic rings. The first-order chi connectivity index (χ1) is 9.15. The van der Waals surface area contributed by atoms with E-state index in [-0.39, 0.29) is 6.04 Å². The van der Waals surface area contributed by atoms with Gasteiger partial charge in [0, 0.05) is 0 Å². The molecule has 9 heteroatoms. The number of fused-ring (bicyclic) bond motifs is 1. The number of nitrogens with one attached hydrogen (secondary N) is 2. The van der Waals surface area contributed by atoms with Crippen LogP contribution in [0, 0.1) is 13.8 Å². The summed E-state index contributed by atoms with van der Waals surface area (Å²) in [7, 11) is 0. The predicted octanol–water partition coefficient (Wildman–Crippen LogP) is 0.921. The molecule has 0 saturated carbocycles. The van der Waals surface area contributed by atoms with Crippen LogP contribution in [-0.4, -0.2) is 35.7 Å². The van der Waals surface area contributed by atoms with Crippen LogP contribution in [0.2, 0.25) is 0 Å². The number of rotatable bonds is 3. The van der Waals surface area contributed by atoms with E-state index in [2.05, 4.69) is 41.1 Å². The Balaban J connectivity index is 2.02. The molecule has 0 amide bonds. The summed E-state index contributed by atoms with van der Waals surface area (Å²) >= 11 is 0. The molecule has 3 aromatic rings. The van der Waals surface area contributed by atoms with Crippen molar-refractivity contribution < 1.29 is 4.52 Å². The van der Waals surface area contributed by atoms with Crippen molar-refractivity contribution in [2.75, 3.05) is 5.32 Å². The number of aryl methyl sites for hydroxylation is 2. The van der Waals surface area contributed by atoms with Gasteiger partial charge in [-0.05, 0) is 20.8 Å². The summed E-state index contributed by atoms with van der Waals surface area (Å²) in [6.45, 7) is 5.55. The molecule has 2 N–H and O–H groups in total. The van der Waals surface area contributed by atoms with E-state index in [1.165, 1.54) is 0 Å². The number of hydrogen-bond acceptors (Lipinski definition) is 8. The van der Waals surface area contributed by atoms with Crippen LogP contribution in [0.4, 0.5) is 5.82 Å². The molecule has 0 aliphatic carbocycles. The van der Waals surface area contributed by atoms with Crippen LogP contribution in [0.1, 0.15) is 30.3 Å². The van der Waals surface area contributed by atoms with Gasteiger partial charge >= 0.3 is 0 Å². The maximum atomic E-state index is 5.15. The van der Waals surface area contributed by atoms with Crippen molar-refractivity contribution in [3.05, 3.63) is 17.3 Å². The molecule has 0 bridgehead atoms. The quantitative estimate of drug-likeness (QED) is 0.713. The number of nitrogens with zero attached hydrogens (tertiary/aromatic N) is 6. The third-order valence-corrected chi connectivity index (χ3v) is 2.72. The Morgan fingerprint density at radius 3 is 2.84 bits per heavy atom. The van der Waals surface area contributed by atoms with Crippen molar-refractivity contribution in [1.82, 2.24) is 35.7 Å². The molecule has 98 valence electrons. The first kappa shape index (κ1) is 11.5. The summed E-state index contributed by atoms with van der Waals surface area (Å²) in [4.78, 5) is 8.57. The van der Waals surface area contributed by atoms with Crippen molar-refractivity contribution >= 4 is 16.9 Å². The minimum Gasteiger partial charge on any atom is -0.359 e. The Bertz CT molecular complexity index is 704. The average Bonchev–Trinajstić information content (AvgIpc) is 2.99. The third kappa shape index (κ3) is 1.98. The van der Waals surface area contributed by atoms with E-state index in [4.69, 9.17) is 4.52 Å². The van der Waals surface area contributed by atoms with Crippen LogP contribution in [0.15, 0.2) is 4.52 Å². The Hall–Kier alpha value is -2.58. The molecule has 3 heterocycles. The highest BCUT2D eigenvalue weighted by Crippen LogP contribution is 2.26. The highest BCUT2D eigenvalue weighted by molar-refractivity contribution is 5.87. The van der Waals surface area contributed by atoms with Gasteiger partial charge in [0.05, 0.1) is 11.7 Å². The largest absolute Gasteiger partial charge is 0.359 e. The monoisotopic (exact) mass is 260 g/mol. The lowest BCUT2D eigenvalue weighted by Gasteiger charge is -2.11. The predicted molar refractivity (Wildman–Crippen MR) is 65.3 cm³/mol. The molecule has 1 atom stereocenters. The second kappa shape index (κ2) is 4.26. The summed E-state index contributed by atoms with van der Waals surface area (Å²) < 4.78 is 5.15. The zero-order chi connectivity index (χ0) is 13.4. The molecular weight excluding hydrogens is 248 g/mol. The van der Waals surface area contributed by atoms with Crippen molar-refractivity contribution in [3.63, 3.8) is 0 Å². The molecule has 19 heavy (non-hydrogen) atoms. The molecule has 3 rings (SSSR count). The van der Waals surface area contributed by atoms with Gasteiger partial charge in [-0.3, -0.25) is 0 Å². The minimum absolute atomic E-state index is 0.148. The summed E-state index contributed by atoms with van der Waals surface area (Å²) in [5, 5.41) is 21.7. The molecule has 0 aromatic carbocycles. The van der Waals surface area contributed by atoms with E-state index in [1.54, 1.807) is 6.92 Å². The van der Waals surface area contributed by atoms with E-state index >= 15 is 0 Å². The SMILES string of the molecule is Cc1nc(N[C@H](C)c2nn[nH]n2)c2c(C)noc2n1. The number of tetrazole rings is 1. The van der Waals surface area contributed by atoms with Crippen molar-refractivity contribution in [1.29, 1.82) is 0 Å². The van der Waals surface area contributed by atoms with E-state index in [0.717, 1.165) is 11.1 Å². The molecule has 0 saturated heterocycles. The maximum Gasteiger partial charge on any atom is 0.263 e. The Kier molecular flexibility index (Phi) is 2.58. The zero-order valence-corrected chi connectivity index (χ0v) is 10.7. The lowest BCUT2D eigenvalue weighted by molar-refractivity contribution is 0.442. The Labute approximate surface area is 107 Å². The van der Waals surface area contributed by atoms with Gasteiger partial charge in [0.1, 0.15) is 17.0 Å². The first-order valence-electron chi connectivity index (χ1n) is 5.75. The Morgan fingerprint density at radius 2 is 2.11 bits per heavy atom. The summed E-state index contributed by atoms with van der Waals surface area (Å²) in [6, 6.07) is -0.148. The minimum atomic E-state index is -0.148. The zero-order valence-electron chi connectivity index (χ0n) is 10.7. The van der Waals surface area contributed by atoms with E-state index in [9.17, 15) is 0 Å². The summed E-state index contributed by atoms with van der Waals surface area (Å²) in [5.74, 6) is 1.81. The van der Waals surface area contributed by atoms with Gasteiger partial charge < -0.3 is 9.84 Å². The smallest absolute Gasteiger partial charge is 0.263 e. The first-order valence-corrected chi connectivity index (χ1v) is 5.75. The number of H-pyrrole nitrogens is 1. The highest BCUT2D eigenvalue weighted by atomic mass is 16.5. The lowest BCUT2D eigenvalue weighted by atomic mass is 10.2. The third-order valence-electron chi connectivity index (χ3n) is 2.72. The normalized spacial score (nSPS) is 12.8. The second-order valence-corrected chi connectivity index (χ2v) is 4.20. The van der Waals surface area contributed by atoms with Crippen molar-refractivity contribution in [2.45, 2.75) is 26.8 Å². The molecule has 0 unspecified atom stereocenters. The molecule has 0 aliphatic heterocycles. The van der Waals surface area contributed by atoms with Gasteiger partial charge in [0.25, 0.3) is 5.71 Å². The molecular formula is C10H12N8O. The lowest BCUT2D eigenvalue weighted by Crippen LogP contribution is -2.11. The number of aromatic nitrogens is 7. The van der Waals surface area contributed by atoms with Gasteiger partial charge in [0.2, 0.25) is 0 Å². The molecule has 0 fully saturated rings. The van der Waals surface area contributed by atoms with Crippen LogP contribution in [0.5, 0.6) is 0 Å². The molecule has 0 radical (unpaired) electrons. The fourth-order valence-corrected chi connectivity index (χ4v) is 1.82. The van der Waals surface area contributed by atoms with Gasteiger partial charge in [-0.1, -0.05) is 10.4 Å². The van der Waals surface area contributed by atoms with Gasteiger partial charge in [0.15, 0.2) is 5.82 Å². The standard InChI is InChI=1S/C10H12N8O/c1-4-7-9(11-5(2)8-14-17-18-15-8)12-6(3)13-10(7)19-16-4/h5H,1-3H3,(H,11,12,13)(H,14,15,17,18)/t5-/m1/s1. The van der Waals surface area contributed by atoms with Crippen LogP contribution in [0.3, 0.4) is 0 Å². The molecule has 9 nitrogen and oxygen atoms in total. The molecule has 0 spiro atoms. The van der Waals surface area contributed by atoms with E-state index < -0.39 is 0 Å². The van der Waals surface area contributed by atoms with Gasteiger partial charge in [-0.25, -0.2) is 4.98 Å². The van der Waals surface area contributed by atoms with Gasteiger partial charge in [-0.15, -0.1) is 10.2 Å². The summed E-state index contributed by atoms with van der Waals surface area (Å²) in [6.07, 6.45) is 0. The topological polar surface area (TPSA) is 118 Å². The van der Waals surface area contributed by atoms with E-state index in [1.807, 2.05) is 13.8 Å². The number of anilines is 1. The fraction of sp³-hybridized carbons (Fsp3) is 0.400. The van der Waals surface area contributed by atoms with Crippen LogP contribution >= 0.6 is 0 Å².